The highest BCUT2D eigenvalue weighted by molar-refractivity contribution is 7.80. The van der Waals surface area contributed by atoms with E-state index in [1.165, 1.54) is 12.1 Å². The van der Waals surface area contributed by atoms with Crippen LogP contribution < -0.4 is 5.73 Å². The van der Waals surface area contributed by atoms with E-state index in [0.29, 0.717) is 5.56 Å². The van der Waals surface area contributed by atoms with E-state index in [-0.39, 0.29) is 10.7 Å². The van der Waals surface area contributed by atoms with Crippen LogP contribution in [0.3, 0.4) is 0 Å². The monoisotopic (exact) mass is 212 g/mol. The maximum absolute atomic E-state index is 10.4. The Balaban J connectivity index is 0.000000791. The minimum atomic E-state index is -0.505. The van der Waals surface area contributed by atoms with Crippen molar-refractivity contribution in [2.45, 2.75) is 13.8 Å². The van der Waals surface area contributed by atoms with Crippen LogP contribution in [0.15, 0.2) is 24.3 Å². The predicted molar refractivity (Wildman–Crippen MR) is 60.3 cm³/mol. The molecule has 0 aromatic heterocycles. The average molecular weight is 212 g/mol. The molecule has 0 aliphatic heterocycles. The van der Waals surface area contributed by atoms with E-state index in [9.17, 15) is 10.1 Å². The standard InChI is InChI=1S/C7H6N2O2S.C2H6/c8-7(12)5-3-1-2-4-6(5)9(10)11;1-2/h1-4H,(H2,8,12);1-2H3. The minimum absolute atomic E-state index is 0.0438. The molecule has 4 nitrogen and oxygen atoms in total. The fourth-order valence-corrected chi connectivity index (χ4v) is 1.01. The first-order valence-electron chi connectivity index (χ1n) is 4.16. The molecule has 0 spiro atoms. The summed E-state index contributed by atoms with van der Waals surface area (Å²) in [6.07, 6.45) is 0. The number of rotatable bonds is 2. The lowest BCUT2D eigenvalue weighted by atomic mass is 10.2. The van der Waals surface area contributed by atoms with Gasteiger partial charge in [-0.25, -0.2) is 0 Å². The zero-order chi connectivity index (χ0) is 11.1. The smallest absolute Gasteiger partial charge is 0.279 e. The van der Waals surface area contributed by atoms with Crippen LogP contribution in [-0.2, 0) is 0 Å². The molecule has 0 aliphatic rings. The summed E-state index contributed by atoms with van der Waals surface area (Å²) in [4.78, 5) is 9.95. The highest BCUT2D eigenvalue weighted by atomic mass is 32.1. The number of para-hydroxylation sites is 1. The lowest BCUT2D eigenvalue weighted by molar-refractivity contribution is -0.385. The quantitative estimate of drug-likeness (QED) is 0.463. The van der Waals surface area contributed by atoms with Crippen LogP contribution in [0.4, 0.5) is 5.69 Å². The molecule has 0 unspecified atom stereocenters. The Bertz CT molecular complexity index is 306. The largest absolute Gasteiger partial charge is 0.389 e. The summed E-state index contributed by atoms with van der Waals surface area (Å²) in [5.41, 5.74) is 5.53. The Morgan fingerprint density at radius 2 is 1.93 bits per heavy atom. The molecular formula is C9H12N2O2S. The summed E-state index contributed by atoms with van der Waals surface area (Å²) < 4.78 is 0. The Morgan fingerprint density at radius 1 is 1.43 bits per heavy atom. The van der Waals surface area contributed by atoms with Crippen LogP contribution in [0.5, 0.6) is 0 Å². The number of hydrogen-bond donors (Lipinski definition) is 1. The van der Waals surface area contributed by atoms with Crippen LogP contribution >= 0.6 is 12.2 Å². The maximum Gasteiger partial charge on any atom is 0.279 e. The van der Waals surface area contributed by atoms with E-state index in [2.05, 4.69) is 12.2 Å². The first kappa shape index (κ1) is 12.5. The van der Waals surface area contributed by atoms with E-state index in [4.69, 9.17) is 5.73 Å². The molecule has 1 aromatic carbocycles. The minimum Gasteiger partial charge on any atom is -0.389 e. The zero-order valence-electron chi connectivity index (χ0n) is 8.06. The number of nitro groups is 1. The molecule has 14 heavy (non-hydrogen) atoms. The molecular weight excluding hydrogens is 200 g/mol. The number of hydrogen-bond acceptors (Lipinski definition) is 3. The van der Waals surface area contributed by atoms with Gasteiger partial charge in [0.1, 0.15) is 4.99 Å². The number of nitrogens with two attached hydrogens (primary N) is 1. The summed E-state index contributed by atoms with van der Waals surface area (Å²) in [7, 11) is 0. The van der Waals surface area contributed by atoms with Gasteiger partial charge in [0.25, 0.3) is 5.69 Å². The van der Waals surface area contributed by atoms with Gasteiger partial charge in [0.2, 0.25) is 0 Å². The van der Waals surface area contributed by atoms with Crippen molar-refractivity contribution in [3.63, 3.8) is 0 Å². The summed E-state index contributed by atoms with van der Waals surface area (Å²) in [6, 6.07) is 6.12. The highest BCUT2D eigenvalue weighted by Gasteiger charge is 2.13. The van der Waals surface area contributed by atoms with Crippen molar-refractivity contribution in [3.05, 3.63) is 39.9 Å². The third-order valence-corrected chi connectivity index (χ3v) is 1.59. The zero-order valence-corrected chi connectivity index (χ0v) is 8.88. The summed E-state index contributed by atoms with van der Waals surface area (Å²) in [6.45, 7) is 4.00. The van der Waals surface area contributed by atoms with E-state index in [1.807, 2.05) is 13.8 Å². The molecule has 2 N–H and O–H groups in total. The van der Waals surface area contributed by atoms with Crippen LogP contribution in [0, 0.1) is 10.1 Å². The van der Waals surface area contributed by atoms with Gasteiger partial charge in [-0.15, -0.1) is 0 Å². The first-order chi connectivity index (χ1) is 6.63. The van der Waals surface area contributed by atoms with Crippen molar-refractivity contribution >= 4 is 22.9 Å². The third-order valence-electron chi connectivity index (χ3n) is 1.37. The van der Waals surface area contributed by atoms with Crippen LogP contribution in [-0.4, -0.2) is 9.91 Å². The summed E-state index contributed by atoms with van der Waals surface area (Å²) >= 11 is 4.64. The van der Waals surface area contributed by atoms with Gasteiger partial charge in [0.15, 0.2) is 0 Å². The summed E-state index contributed by atoms with van der Waals surface area (Å²) in [5.74, 6) is 0. The van der Waals surface area contributed by atoms with Gasteiger partial charge in [-0.1, -0.05) is 38.2 Å². The number of nitro benzene ring substituents is 1. The topological polar surface area (TPSA) is 69.2 Å². The SMILES string of the molecule is CC.NC(=S)c1ccccc1[N+](=O)[O-]. The van der Waals surface area contributed by atoms with E-state index < -0.39 is 4.92 Å². The second kappa shape index (κ2) is 6.04. The lowest BCUT2D eigenvalue weighted by Crippen LogP contribution is -2.11. The van der Waals surface area contributed by atoms with Gasteiger partial charge in [0.05, 0.1) is 10.5 Å². The predicted octanol–water partition coefficient (Wildman–Crippen LogP) is 2.26. The highest BCUT2D eigenvalue weighted by Crippen LogP contribution is 2.16. The van der Waals surface area contributed by atoms with Crippen LogP contribution in [0.25, 0.3) is 0 Å². The fraction of sp³-hybridized carbons (Fsp3) is 0.222. The average Bonchev–Trinajstić information content (AvgIpc) is 2.20. The van der Waals surface area contributed by atoms with Gasteiger partial charge in [-0.3, -0.25) is 10.1 Å². The number of benzene rings is 1. The van der Waals surface area contributed by atoms with Crippen molar-refractivity contribution in [2.75, 3.05) is 0 Å². The molecule has 0 saturated carbocycles. The normalized spacial score (nSPS) is 8.43. The second-order valence-electron chi connectivity index (χ2n) is 2.14. The fourth-order valence-electron chi connectivity index (χ4n) is 0.841. The van der Waals surface area contributed by atoms with E-state index in [1.54, 1.807) is 12.1 Å². The molecule has 76 valence electrons. The Morgan fingerprint density at radius 3 is 2.29 bits per heavy atom. The molecule has 0 heterocycles. The van der Waals surface area contributed by atoms with Gasteiger partial charge in [0, 0.05) is 6.07 Å². The molecule has 5 heteroatoms. The molecule has 0 atom stereocenters. The Labute approximate surface area is 87.9 Å². The Hall–Kier alpha value is -1.49. The molecule has 0 amide bonds. The molecule has 0 fully saturated rings. The first-order valence-corrected chi connectivity index (χ1v) is 4.57. The third kappa shape index (κ3) is 3.10. The van der Waals surface area contributed by atoms with Crippen molar-refractivity contribution < 1.29 is 4.92 Å². The van der Waals surface area contributed by atoms with Gasteiger partial charge >= 0.3 is 0 Å². The number of nitrogens with zero attached hydrogens (tertiary/aromatic N) is 1. The molecule has 1 rings (SSSR count). The molecule has 0 bridgehead atoms. The van der Waals surface area contributed by atoms with Gasteiger partial charge < -0.3 is 5.73 Å². The Kier molecular flexibility index (Phi) is 5.40. The van der Waals surface area contributed by atoms with Crippen LogP contribution in [0.1, 0.15) is 19.4 Å². The van der Waals surface area contributed by atoms with Crippen molar-refractivity contribution in [2.24, 2.45) is 5.73 Å². The van der Waals surface area contributed by atoms with Crippen molar-refractivity contribution in [3.8, 4) is 0 Å². The van der Waals surface area contributed by atoms with Crippen molar-refractivity contribution in [1.29, 1.82) is 0 Å². The second-order valence-corrected chi connectivity index (χ2v) is 2.58. The number of thiocarbonyl (C=S) groups is 1. The van der Waals surface area contributed by atoms with Crippen molar-refractivity contribution in [1.82, 2.24) is 0 Å². The molecule has 1 aromatic rings. The lowest BCUT2D eigenvalue weighted by Gasteiger charge is -1.98. The van der Waals surface area contributed by atoms with Gasteiger partial charge in [-0.2, -0.15) is 0 Å². The molecule has 0 radical (unpaired) electrons. The van der Waals surface area contributed by atoms with E-state index in [0.717, 1.165) is 0 Å². The van der Waals surface area contributed by atoms with E-state index >= 15 is 0 Å². The molecule has 0 aliphatic carbocycles. The maximum atomic E-state index is 10.4. The van der Waals surface area contributed by atoms with Crippen LogP contribution in [0.2, 0.25) is 0 Å². The molecule has 0 saturated heterocycles. The summed E-state index contributed by atoms with van der Waals surface area (Å²) in [5, 5.41) is 10.4. The van der Waals surface area contributed by atoms with Gasteiger partial charge in [-0.05, 0) is 6.07 Å².